The van der Waals surface area contributed by atoms with Gasteiger partial charge in [0, 0.05) is 21.5 Å². The van der Waals surface area contributed by atoms with Crippen molar-refractivity contribution < 1.29 is 9.84 Å². The lowest BCUT2D eigenvalue weighted by atomic mass is 10.1. The summed E-state index contributed by atoms with van der Waals surface area (Å²) in [6.07, 6.45) is 0.181. The van der Waals surface area contributed by atoms with Crippen LogP contribution in [0.15, 0.2) is 51.8 Å². The third-order valence-electron chi connectivity index (χ3n) is 3.13. The molecule has 2 aromatic rings. The van der Waals surface area contributed by atoms with Crippen LogP contribution in [0.3, 0.4) is 0 Å². The molecule has 0 amide bonds. The molecule has 0 aliphatic rings. The van der Waals surface area contributed by atoms with Crippen LogP contribution in [0.5, 0.6) is 5.75 Å². The van der Waals surface area contributed by atoms with E-state index >= 15 is 0 Å². The van der Waals surface area contributed by atoms with Crippen molar-refractivity contribution in [3.8, 4) is 5.75 Å². The molecular weight excluding hydrogens is 348 g/mol. The summed E-state index contributed by atoms with van der Waals surface area (Å²) >= 11 is 5.13. The summed E-state index contributed by atoms with van der Waals surface area (Å²) in [5.74, 6) is 1.48. The number of aliphatic hydroxyl groups is 1. The van der Waals surface area contributed by atoms with Gasteiger partial charge in [0.1, 0.15) is 5.75 Å². The largest absolute Gasteiger partial charge is 0.496 e. The number of methoxy groups -OCH3 is 1. The number of rotatable bonds is 6. The molecule has 0 saturated heterocycles. The van der Waals surface area contributed by atoms with Gasteiger partial charge in [0.25, 0.3) is 0 Å². The fourth-order valence-electron chi connectivity index (χ4n) is 2.12. The summed E-state index contributed by atoms with van der Waals surface area (Å²) in [5.41, 5.74) is 2.26. The minimum atomic E-state index is -0.404. The van der Waals surface area contributed by atoms with Gasteiger partial charge in [-0.15, -0.1) is 11.8 Å². The van der Waals surface area contributed by atoms with Crippen LogP contribution in [0.2, 0.25) is 0 Å². The zero-order valence-electron chi connectivity index (χ0n) is 12.2. The van der Waals surface area contributed by atoms with Crippen molar-refractivity contribution in [2.45, 2.75) is 24.3 Å². The number of benzene rings is 2. The Bertz CT molecular complexity index is 601. The Morgan fingerprint density at radius 3 is 2.76 bits per heavy atom. The van der Waals surface area contributed by atoms with Crippen LogP contribution in [0.4, 0.5) is 0 Å². The molecule has 1 unspecified atom stereocenters. The molecule has 0 aromatic heterocycles. The highest BCUT2D eigenvalue weighted by atomic mass is 79.9. The molecule has 21 heavy (non-hydrogen) atoms. The van der Waals surface area contributed by atoms with E-state index in [4.69, 9.17) is 4.74 Å². The number of hydrogen-bond donors (Lipinski definition) is 1. The Kier molecular flexibility index (Phi) is 6.15. The van der Waals surface area contributed by atoms with Crippen molar-refractivity contribution in [2.24, 2.45) is 0 Å². The number of aliphatic hydroxyl groups excluding tert-OH is 1. The van der Waals surface area contributed by atoms with E-state index in [1.165, 1.54) is 10.5 Å². The van der Waals surface area contributed by atoms with Gasteiger partial charge < -0.3 is 9.84 Å². The van der Waals surface area contributed by atoms with Gasteiger partial charge >= 0.3 is 0 Å². The summed E-state index contributed by atoms with van der Waals surface area (Å²) in [4.78, 5) is 1.19. The zero-order chi connectivity index (χ0) is 15.2. The summed E-state index contributed by atoms with van der Waals surface area (Å²) in [5, 5.41) is 10.3. The minimum absolute atomic E-state index is 0.404. The van der Waals surface area contributed by atoms with Crippen molar-refractivity contribution >= 4 is 27.7 Å². The van der Waals surface area contributed by atoms with Crippen LogP contribution in [-0.4, -0.2) is 24.1 Å². The van der Waals surface area contributed by atoms with E-state index in [1.807, 2.05) is 24.3 Å². The van der Waals surface area contributed by atoms with Gasteiger partial charge in [-0.1, -0.05) is 33.6 Å². The fourth-order valence-corrected chi connectivity index (χ4v) is 3.47. The second-order valence-corrected chi connectivity index (χ2v) is 6.95. The van der Waals surface area contributed by atoms with Gasteiger partial charge in [0.2, 0.25) is 0 Å². The van der Waals surface area contributed by atoms with Crippen LogP contribution in [0.1, 0.15) is 11.1 Å². The molecule has 0 aliphatic carbocycles. The van der Waals surface area contributed by atoms with Gasteiger partial charge in [-0.05, 0) is 42.8 Å². The van der Waals surface area contributed by atoms with E-state index < -0.39 is 6.10 Å². The third-order valence-corrected chi connectivity index (χ3v) is 4.76. The summed E-state index contributed by atoms with van der Waals surface area (Å²) in [7, 11) is 1.65. The second kappa shape index (κ2) is 7.87. The molecule has 2 rings (SSSR count). The smallest absolute Gasteiger partial charge is 0.122 e. The molecule has 1 atom stereocenters. The molecule has 0 spiro atoms. The average molecular weight is 367 g/mol. The van der Waals surface area contributed by atoms with E-state index in [-0.39, 0.29) is 0 Å². The van der Waals surface area contributed by atoms with E-state index in [0.29, 0.717) is 12.2 Å². The molecular formula is C17H19BrO2S. The van der Waals surface area contributed by atoms with E-state index in [9.17, 15) is 5.11 Å². The van der Waals surface area contributed by atoms with Crippen LogP contribution < -0.4 is 4.74 Å². The third kappa shape index (κ3) is 5.06. The minimum Gasteiger partial charge on any atom is -0.496 e. The van der Waals surface area contributed by atoms with Gasteiger partial charge in [-0.3, -0.25) is 0 Å². The maximum atomic E-state index is 10.3. The molecule has 1 N–H and O–H groups in total. The normalized spacial score (nSPS) is 12.2. The lowest BCUT2D eigenvalue weighted by Gasteiger charge is -2.14. The molecule has 2 aromatic carbocycles. The monoisotopic (exact) mass is 366 g/mol. The molecule has 0 aliphatic heterocycles. The van der Waals surface area contributed by atoms with E-state index in [0.717, 1.165) is 15.8 Å². The number of thioether (sulfide) groups is 1. The van der Waals surface area contributed by atoms with Crippen LogP contribution in [-0.2, 0) is 6.42 Å². The maximum Gasteiger partial charge on any atom is 0.122 e. The highest BCUT2D eigenvalue weighted by Crippen LogP contribution is 2.26. The SMILES string of the molecule is COc1ccc(Br)cc1CC(O)CSc1cccc(C)c1. The average Bonchev–Trinajstić information content (AvgIpc) is 2.45. The Labute approximate surface area is 138 Å². The quantitative estimate of drug-likeness (QED) is 0.765. The van der Waals surface area contributed by atoms with Gasteiger partial charge in [-0.25, -0.2) is 0 Å². The molecule has 0 saturated carbocycles. The van der Waals surface area contributed by atoms with Crippen molar-refractivity contribution in [3.63, 3.8) is 0 Å². The Morgan fingerprint density at radius 2 is 2.05 bits per heavy atom. The molecule has 0 heterocycles. The topological polar surface area (TPSA) is 29.5 Å². The van der Waals surface area contributed by atoms with Crippen molar-refractivity contribution in [2.75, 3.05) is 12.9 Å². The molecule has 2 nitrogen and oxygen atoms in total. The first kappa shape index (κ1) is 16.4. The number of ether oxygens (including phenoxy) is 1. The molecule has 0 radical (unpaired) electrons. The molecule has 0 fully saturated rings. The number of aryl methyl sites for hydroxylation is 1. The van der Waals surface area contributed by atoms with Gasteiger partial charge in [0.15, 0.2) is 0 Å². The predicted molar refractivity (Wildman–Crippen MR) is 92.3 cm³/mol. The van der Waals surface area contributed by atoms with Crippen molar-refractivity contribution in [1.29, 1.82) is 0 Å². The lowest BCUT2D eigenvalue weighted by molar-refractivity contribution is 0.198. The van der Waals surface area contributed by atoms with Crippen LogP contribution >= 0.6 is 27.7 Å². The summed E-state index contributed by atoms with van der Waals surface area (Å²) in [6.45, 7) is 2.08. The predicted octanol–water partition coefficient (Wildman–Crippen LogP) is 4.46. The number of halogens is 1. The van der Waals surface area contributed by atoms with Crippen LogP contribution in [0, 0.1) is 6.92 Å². The summed E-state index contributed by atoms with van der Waals surface area (Å²) < 4.78 is 6.34. The first-order chi connectivity index (χ1) is 10.1. The van der Waals surface area contributed by atoms with Crippen LogP contribution in [0.25, 0.3) is 0 Å². The highest BCUT2D eigenvalue weighted by molar-refractivity contribution is 9.10. The Hall–Kier alpha value is -0.970. The highest BCUT2D eigenvalue weighted by Gasteiger charge is 2.11. The fraction of sp³-hybridized carbons (Fsp3) is 0.294. The van der Waals surface area contributed by atoms with E-state index in [1.54, 1.807) is 18.9 Å². The molecule has 0 bridgehead atoms. The molecule has 4 heteroatoms. The van der Waals surface area contributed by atoms with Crippen molar-refractivity contribution in [1.82, 2.24) is 0 Å². The first-order valence-corrected chi connectivity index (χ1v) is 8.56. The van der Waals surface area contributed by atoms with Crippen molar-refractivity contribution in [3.05, 3.63) is 58.1 Å². The van der Waals surface area contributed by atoms with E-state index in [2.05, 4.69) is 41.1 Å². The lowest BCUT2D eigenvalue weighted by Crippen LogP contribution is -2.14. The Morgan fingerprint density at radius 1 is 1.24 bits per heavy atom. The Balaban J connectivity index is 1.95. The zero-order valence-corrected chi connectivity index (χ0v) is 14.6. The first-order valence-electron chi connectivity index (χ1n) is 6.78. The number of hydrogen-bond acceptors (Lipinski definition) is 3. The standard InChI is InChI=1S/C17H19BrO2S/c1-12-4-3-5-16(8-12)21-11-15(19)10-13-9-14(18)6-7-17(13)20-2/h3-9,15,19H,10-11H2,1-2H3. The molecule has 112 valence electrons. The summed E-state index contributed by atoms with van der Waals surface area (Å²) in [6, 6.07) is 14.2. The van der Waals surface area contributed by atoms with Gasteiger partial charge in [-0.2, -0.15) is 0 Å². The maximum absolute atomic E-state index is 10.3. The second-order valence-electron chi connectivity index (χ2n) is 4.94. The van der Waals surface area contributed by atoms with Gasteiger partial charge in [0.05, 0.1) is 13.2 Å².